The molecule has 41 heavy (non-hydrogen) atoms. The molecule has 0 fully saturated rings. The molecular formula is C30H33Br2N3O6. The summed E-state index contributed by atoms with van der Waals surface area (Å²) in [6.07, 6.45) is -0.521. The molecule has 0 aliphatic carbocycles. The van der Waals surface area contributed by atoms with Gasteiger partial charge in [0.25, 0.3) is 5.91 Å². The molecule has 0 radical (unpaired) electrons. The molecule has 3 aromatic rings. The van der Waals surface area contributed by atoms with Crippen molar-refractivity contribution >= 4 is 43.7 Å². The molecular weight excluding hydrogens is 658 g/mol. The van der Waals surface area contributed by atoms with Gasteiger partial charge in [-0.1, -0.05) is 68.3 Å². The molecule has 1 aliphatic rings. The Balaban J connectivity index is 1.76. The lowest BCUT2D eigenvalue weighted by atomic mass is 9.82. The highest BCUT2D eigenvalue weighted by molar-refractivity contribution is 9.10. The van der Waals surface area contributed by atoms with Gasteiger partial charge in [0.2, 0.25) is 5.90 Å². The summed E-state index contributed by atoms with van der Waals surface area (Å²) in [6.45, 7) is 0.693. The first-order valence-electron chi connectivity index (χ1n) is 13.1. The molecule has 218 valence electrons. The number of carbonyl (C=O) groups excluding carboxylic acids is 1. The van der Waals surface area contributed by atoms with Crippen LogP contribution in [0.25, 0.3) is 0 Å². The Kier molecular flexibility index (Phi) is 11.3. The maximum absolute atomic E-state index is 14.2. The van der Waals surface area contributed by atoms with E-state index in [1.54, 1.807) is 0 Å². The second-order valence-corrected chi connectivity index (χ2v) is 11.0. The van der Waals surface area contributed by atoms with Crippen molar-refractivity contribution in [2.24, 2.45) is 4.99 Å². The van der Waals surface area contributed by atoms with Gasteiger partial charge in [0.15, 0.2) is 17.9 Å². The number of ether oxygens (including phenoxy) is 4. The van der Waals surface area contributed by atoms with Gasteiger partial charge < -0.3 is 24.1 Å². The number of hydrogen-bond donors (Lipinski definition) is 3. The van der Waals surface area contributed by atoms with E-state index in [1.165, 1.54) is 14.2 Å². The van der Waals surface area contributed by atoms with E-state index in [4.69, 9.17) is 29.0 Å². The van der Waals surface area contributed by atoms with Crippen LogP contribution in [0.1, 0.15) is 29.2 Å². The number of methoxy groups -OCH3 is 2. The van der Waals surface area contributed by atoms with Gasteiger partial charge in [-0.05, 0) is 42.0 Å². The number of benzene rings is 3. The number of hydrazine groups is 1. The molecule has 0 unspecified atom stereocenters. The van der Waals surface area contributed by atoms with E-state index < -0.39 is 17.9 Å². The fraction of sp³-hybridized carbons (Fsp3) is 0.333. The van der Waals surface area contributed by atoms with Crippen LogP contribution >= 0.6 is 31.9 Å². The zero-order valence-electron chi connectivity index (χ0n) is 22.8. The molecule has 11 heteroatoms. The van der Waals surface area contributed by atoms with Crippen LogP contribution in [0.3, 0.4) is 0 Å². The fourth-order valence-corrected chi connectivity index (χ4v) is 5.38. The standard InChI is InChI=1S/C30H33Br2N3O6/c1-38-26(39-2)19-33-35-29(37)30(18-21-8-3-5-10-24(21)31)27(23-9-4-6-11-25(23)32)41-28(34-30)20-12-14-22(15-13-20)40-17-7-16-36/h3-6,8-15,26-27,33,36H,7,16-19H2,1-2H3,(H,35,37)/t27-,30-/m0/s1. The summed E-state index contributed by atoms with van der Waals surface area (Å²) >= 11 is 7.30. The lowest BCUT2D eigenvalue weighted by Gasteiger charge is -2.31. The van der Waals surface area contributed by atoms with E-state index in [2.05, 4.69) is 42.7 Å². The minimum Gasteiger partial charge on any atom is -0.494 e. The van der Waals surface area contributed by atoms with Crippen molar-refractivity contribution < 1.29 is 28.8 Å². The molecule has 4 rings (SSSR count). The number of aliphatic hydroxyl groups excluding tert-OH is 1. The van der Waals surface area contributed by atoms with Crippen LogP contribution in [0, 0.1) is 0 Å². The Morgan fingerprint density at radius 2 is 1.71 bits per heavy atom. The number of halogens is 2. The molecule has 9 nitrogen and oxygen atoms in total. The smallest absolute Gasteiger partial charge is 0.266 e. The van der Waals surface area contributed by atoms with Crippen LogP contribution in [-0.4, -0.2) is 62.7 Å². The Bertz CT molecular complexity index is 1340. The van der Waals surface area contributed by atoms with Crippen molar-refractivity contribution in [1.82, 2.24) is 10.9 Å². The minimum absolute atomic E-state index is 0.0628. The first kappa shape index (κ1) is 31.1. The summed E-state index contributed by atoms with van der Waals surface area (Å²) in [5.41, 5.74) is 6.75. The minimum atomic E-state index is -1.39. The Morgan fingerprint density at radius 3 is 2.37 bits per heavy atom. The second kappa shape index (κ2) is 14.9. The van der Waals surface area contributed by atoms with Crippen LogP contribution in [0.4, 0.5) is 0 Å². The normalized spacial score (nSPS) is 18.2. The number of amides is 1. The largest absolute Gasteiger partial charge is 0.494 e. The van der Waals surface area contributed by atoms with E-state index in [0.29, 0.717) is 30.2 Å². The van der Waals surface area contributed by atoms with Crippen LogP contribution in [-0.2, 0) is 25.4 Å². The molecule has 0 saturated heterocycles. The van der Waals surface area contributed by atoms with Gasteiger partial charge in [0.05, 0.1) is 13.2 Å². The summed E-state index contributed by atoms with van der Waals surface area (Å²) in [5, 5.41) is 9.03. The van der Waals surface area contributed by atoms with Crippen molar-refractivity contribution in [3.05, 3.63) is 98.4 Å². The summed E-state index contributed by atoms with van der Waals surface area (Å²) in [7, 11) is 3.05. The van der Waals surface area contributed by atoms with E-state index in [0.717, 1.165) is 20.1 Å². The second-order valence-electron chi connectivity index (χ2n) is 9.31. The fourth-order valence-electron chi connectivity index (χ4n) is 4.46. The van der Waals surface area contributed by atoms with E-state index >= 15 is 0 Å². The summed E-state index contributed by atoms with van der Waals surface area (Å²) < 4.78 is 24.4. The lowest BCUT2D eigenvalue weighted by molar-refractivity contribution is -0.131. The number of hydrogen-bond acceptors (Lipinski definition) is 8. The molecule has 0 saturated carbocycles. The number of aliphatic imine (C=N–C) groups is 1. The molecule has 1 amide bonds. The van der Waals surface area contributed by atoms with E-state index in [-0.39, 0.29) is 25.5 Å². The van der Waals surface area contributed by atoms with Gasteiger partial charge in [-0.15, -0.1) is 0 Å². The third-order valence-electron chi connectivity index (χ3n) is 6.63. The van der Waals surface area contributed by atoms with Crippen LogP contribution in [0.15, 0.2) is 86.7 Å². The summed E-state index contributed by atoms with van der Waals surface area (Å²) in [4.78, 5) is 19.2. The lowest BCUT2D eigenvalue weighted by Crippen LogP contribution is -2.55. The van der Waals surface area contributed by atoms with Crippen molar-refractivity contribution in [3.63, 3.8) is 0 Å². The molecule has 0 aromatic heterocycles. The number of nitrogens with zero attached hydrogens (tertiary/aromatic N) is 1. The van der Waals surface area contributed by atoms with Crippen molar-refractivity contribution in [3.8, 4) is 5.75 Å². The molecule has 3 N–H and O–H groups in total. The topological polar surface area (TPSA) is 111 Å². The highest BCUT2D eigenvalue weighted by Gasteiger charge is 2.54. The van der Waals surface area contributed by atoms with Crippen molar-refractivity contribution in [2.75, 3.05) is 34.0 Å². The van der Waals surface area contributed by atoms with E-state index in [9.17, 15) is 4.79 Å². The number of rotatable bonds is 14. The molecule has 0 bridgehead atoms. The SMILES string of the molecule is COC(CNNC(=O)[C@@]1(Cc2ccccc2Br)N=C(c2ccc(OCCCO)cc2)O[C@H]1c1ccccc1Br)OC. The Labute approximate surface area is 256 Å². The summed E-state index contributed by atoms with van der Waals surface area (Å²) in [6, 6.07) is 22.7. The van der Waals surface area contributed by atoms with Gasteiger partial charge in [0.1, 0.15) is 5.75 Å². The third kappa shape index (κ3) is 7.54. The zero-order chi connectivity index (χ0) is 29.2. The van der Waals surface area contributed by atoms with Gasteiger partial charge >= 0.3 is 0 Å². The predicted octanol–water partition coefficient (Wildman–Crippen LogP) is 4.71. The van der Waals surface area contributed by atoms with E-state index in [1.807, 2.05) is 72.8 Å². The van der Waals surface area contributed by atoms with Crippen LogP contribution < -0.4 is 15.6 Å². The van der Waals surface area contributed by atoms with Crippen LogP contribution in [0.5, 0.6) is 5.75 Å². The zero-order valence-corrected chi connectivity index (χ0v) is 26.0. The highest BCUT2D eigenvalue weighted by atomic mass is 79.9. The molecule has 2 atom stereocenters. The quantitative estimate of drug-likeness (QED) is 0.128. The maximum Gasteiger partial charge on any atom is 0.266 e. The van der Waals surface area contributed by atoms with Crippen molar-refractivity contribution in [2.45, 2.75) is 30.8 Å². The average molecular weight is 691 g/mol. The van der Waals surface area contributed by atoms with Crippen LogP contribution in [0.2, 0.25) is 0 Å². The van der Waals surface area contributed by atoms with Gasteiger partial charge in [-0.2, -0.15) is 0 Å². The predicted molar refractivity (Wildman–Crippen MR) is 163 cm³/mol. The van der Waals surface area contributed by atoms with Gasteiger partial charge in [0, 0.05) is 53.7 Å². The number of carbonyl (C=O) groups is 1. The summed E-state index contributed by atoms with van der Waals surface area (Å²) in [5.74, 6) is 0.621. The first-order valence-corrected chi connectivity index (χ1v) is 14.7. The monoisotopic (exact) mass is 689 g/mol. The molecule has 1 heterocycles. The molecule has 0 spiro atoms. The van der Waals surface area contributed by atoms with Gasteiger partial charge in [-0.25, -0.2) is 10.4 Å². The Morgan fingerprint density at radius 1 is 1.02 bits per heavy atom. The molecule has 1 aliphatic heterocycles. The number of aliphatic hydroxyl groups is 1. The first-order chi connectivity index (χ1) is 19.9. The van der Waals surface area contributed by atoms with Crippen molar-refractivity contribution in [1.29, 1.82) is 0 Å². The molecule has 3 aromatic carbocycles. The van der Waals surface area contributed by atoms with Gasteiger partial charge in [-0.3, -0.25) is 10.2 Å². The average Bonchev–Trinajstić information content (AvgIpc) is 3.37. The maximum atomic E-state index is 14.2. The third-order valence-corrected chi connectivity index (χ3v) is 8.13. The highest BCUT2D eigenvalue weighted by Crippen LogP contribution is 2.45. The number of nitrogens with one attached hydrogen (secondary N) is 2. The Hall–Kier alpha value is -2.80.